The second-order valence-corrected chi connectivity index (χ2v) is 8.27. The van der Waals surface area contributed by atoms with Gasteiger partial charge in [0.25, 0.3) is 0 Å². The van der Waals surface area contributed by atoms with E-state index in [4.69, 9.17) is 0 Å². The van der Waals surface area contributed by atoms with E-state index in [1.165, 1.54) is 5.56 Å². The summed E-state index contributed by atoms with van der Waals surface area (Å²) < 4.78 is 1.02. The number of aromatic amines is 1. The Morgan fingerprint density at radius 2 is 1.88 bits per heavy atom. The number of hydrogen-bond acceptors (Lipinski definition) is 3. The Hall–Kier alpha value is -1.69. The molecule has 2 N–H and O–H groups in total. The van der Waals surface area contributed by atoms with Crippen molar-refractivity contribution in [1.29, 1.82) is 0 Å². The predicted octanol–water partition coefficient (Wildman–Crippen LogP) is 4.91. The Labute approximate surface area is 163 Å². The van der Waals surface area contributed by atoms with Gasteiger partial charge in [-0.3, -0.25) is 10.00 Å². The summed E-state index contributed by atoms with van der Waals surface area (Å²) in [6.45, 7) is 5.17. The van der Waals surface area contributed by atoms with E-state index in [1.54, 1.807) is 0 Å². The van der Waals surface area contributed by atoms with Crippen LogP contribution >= 0.6 is 15.9 Å². The molecule has 0 aliphatic carbocycles. The summed E-state index contributed by atoms with van der Waals surface area (Å²) in [5.41, 5.74) is 3.22. The Kier molecular flexibility index (Phi) is 6.12. The molecule has 5 heteroatoms. The van der Waals surface area contributed by atoms with Gasteiger partial charge in [0.1, 0.15) is 0 Å². The maximum Gasteiger partial charge on any atom is 0.0945 e. The fraction of sp³-hybridized carbons (Fsp3) is 0.381. The number of hydrogen-bond donors (Lipinski definition) is 2. The van der Waals surface area contributed by atoms with Crippen molar-refractivity contribution in [2.24, 2.45) is 5.92 Å². The molecule has 1 aromatic heterocycles. The lowest BCUT2D eigenvalue weighted by Gasteiger charge is -2.33. The highest BCUT2D eigenvalue weighted by molar-refractivity contribution is 9.10. The third-order valence-corrected chi connectivity index (χ3v) is 5.38. The molecule has 4 nitrogen and oxygen atoms in total. The molecule has 0 bridgehead atoms. The number of aliphatic hydroxyl groups is 1. The van der Waals surface area contributed by atoms with Gasteiger partial charge in [0.2, 0.25) is 0 Å². The van der Waals surface area contributed by atoms with Crippen LogP contribution in [0.4, 0.5) is 0 Å². The van der Waals surface area contributed by atoms with Crippen LogP contribution in [0.3, 0.4) is 0 Å². The average Bonchev–Trinajstić information content (AvgIpc) is 3.09. The largest absolute Gasteiger partial charge is 0.387 e. The third-order valence-electron chi connectivity index (χ3n) is 4.85. The van der Waals surface area contributed by atoms with Gasteiger partial charge in [-0.25, -0.2) is 0 Å². The Bertz CT molecular complexity index is 844. The molecule has 0 radical (unpaired) electrons. The van der Waals surface area contributed by atoms with Crippen molar-refractivity contribution in [2.45, 2.75) is 39.0 Å². The van der Waals surface area contributed by atoms with Crippen LogP contribution in [0.25, 0.3) is 10.9 Å². The quantitative estimate of drug-likeness (QED) is 0.576. The van der Waals surface area contributed by atoms with Crippen LogP contribution < -0.4 is 0 Å². The molecule has 26 heavy (non-hydrogen) atoms. The molecule has 2 atom stereocenters. The smallest absolute Gasteiger partial charge is 0.0945 e. The van der Waals surface area contributed by atoms with Crippen LogP contribution in [-0.4, -0.2) is 33.3 Å². The first-order chi connectivity index (χ1) is 12.5. The number of aromatic nitrogens is 2. The number of nitrogens with zero attached hydrogens (tertiary/aromatic N) is 2. The number of H-pyrrole nitrogens is 1. The van der Waals surface area contributed by atoms with Crippen molar-refractivity contribution in [3.63, 3.8) is 0 Å². The summed E-state index contributed by atoms with van der Waals surface area (Å²) in [6.07, 6.45) is 2.27. The fourth-order valence-electron chi connectivity index (χ4n) is 3.47. The minimum absolute atomic E-state index is 0.0401. The van der Waals surface area contributed by atoms with Gasteiger partial charge in [-0.2, -0.15) is 5.10 Å². The summed E-state index contributed by atoms with van der Waals surface area (Å²) in [4.78, 5) is 2.26. The van der Waals surface area contributed by atoms with Gasteiger partial charge in [-0.1, -0.05) is 54.0 Å². The molecule has 0 aliphatic heterocycles. The summed E-state index contributed by atoms with van der Waals surface area (Å²) in [5, 5.41) is 19.4. The predicted molar refractivity (Wildman–Crippen MR) is 110 cm³/mol. The number of fused-ring (bicyclic) bond motifs is 1. The lowest BCUT2D eigenvalue weighted by molar-refractivity contribution is 0.0467. The van der Waals surface area contributed by atoms with Crippen LogP contribution in [0.2, 0.25) is 0 Å². The van der Waals surface area contributed by atoms with Gasteiger partial charge in [0.05, 0.1) is 17.8 Å². The highest BCUT2D eigenvalue weighted by Crippen LogP contribution is 2.28. The Morgan fingerprint density at radius 3 is 2.58 bits per heavy atom. The molecular weight excluding hydrogens is 390 g/mol. The molecule has 1 unspecified atom stereocenters. The molecule has 1 heterocycles. The zero-order chi connectivity index (χ0) is 18.7. The lowest BCUT2D eigenvalue weighted by Crippen LogP contribution is -2.37. The van der Waals surface area contributed by atoms with Gasteiger partial charge in [0.15, 0.2) is 0 Å². The molecule has 0 saturated carbocycles. The topological polar surface area (TPSA) is 52.1 Å². The van der Waals surface area contributed by atoms with Crippen molar-refractivity contribution in [1.82, 2.24) is 15.1 Å². The molecule has 0 saturated heterocycles. The van der Waals surface area contributed by atoms with E-state index in [1.807, 2.05) is 42.6 Å². The maximum atomic E-state index is 11.1. The molecule has 0 fully saturated rings. The van der Waals surface area contributed by atoms with Gasteiger partial charge < -0.3 is 5.11 Å². The Morgan fingerprint density at radius 1 is 1.15 bits per heavy atom. The maximum absolute atomic E-state index is 11.1. The molecule has 0 spiro atoms. The first-order valence-electron chi connectivity index (χ1n) is 9.00. The van der Waals surface area contributed by atoms with Gasteiger partial charge in [-0.15, -0.1) is 0 Å². The minimum atomic E-state index is -0.529. The number of nitrogens with one attached hydrogen (secondary N) is 1. The van der Waals surface area contributed by atoms with Crippen molar-refractivity contribution < 1.29 is 5.11 Å². The Balaban J connectivity index is 1.84. The van der Waals surface area contributed by atoms with E-state index >= 15 is 0 Å². The van der Waals surface area contributed by atoms with Crippen LogP contribution in [0.5, 0.6) is 0 Å². The molecule has 0 amide bonds. The number of rotatable bonds is 7. The second-order valence-electron chi connectivity index (χ2n) is 7.36. The summed E-state index contributed by atoms with van der Waals surface area (Å²) in [6, 6.07) is 14.2. The first-order valence-corrected chi connectivity index (χ1v) is 9.79. The molecule has 0 aliphatic rings. The first kappa shape index (κ1) is 19.1. The molecule has 3 aromatic rings. The molecule has 3 rings (SSSR count). The van der Waals surface area contributed by atoms with Crippen molar-refractivity contribution in [3.05, 3.63) is 64.3 Å². The third kappa shape index (κ3) is 4.34. The molecule has 2 aromatic carbocycles. The van der Waals surface area contributed by atoms with Gasteiger partial charge in [-0.05, 0) is 48.7 Å². The summed E-state index contributed by atoms with van der Waals surface area (Å²) in [5.74, 6) is 0.497. The zero-order valence-corrected chi connectivity index (χ0v) is 17.1. The highest BCUT2D eigenvalue weighted by atomic mass is 79.9. The number of aliphatic hydroxyl groups excluding tert-OH is 1. The number of benzene rings is 2. The standard InChI is InChI=1S/C21H26BrN3O/c1-14(2)11-20(21(26)15-7-9-17(22)10-8-15)25(3)13-16-5-4-6-19-18(16)12-23-24-19/h4-10,12,14,20-21,26H,11,13H2,1-3H3,(H,23,24)/t20-,21?/m0/s1. The van der Waals surface area contributed by atoms with E-state index in [2.05, 4.69) is 58.0 Å². The van der Waals surface area contributed by atoms with Crippen LogP contribution in [0.1, 0.15) is 37.5 Å². The van der Waals surface area contributed by atoms with Gasteiger partial charge in [0, 0.05) is 22.4 Å². The van der Waals surface area contributed by atoms with E-state index in [0.29, 0.717) is 5.92 Å². The lowest BCUT2D eigenvalue weighted by atomic mass is 9.93. The van der Waals surface area contributed by atoms with Crippen LogP contribution in [-0.2, 0) is 6.54 Å². The van der Waals surface area contributed by atoms with E-state index in [0.717, 1.165) is 33.9 Å². The second kappa shape index (κ2) is 8.33. The minimum Gasteiger partial charge on any atom is -0.387 e. The summed E-state index contributed by atoms with van der Waals surface area (Å²) in [7, 11) is 2.09. The molecule has 138 valence electrons. The van der Waals surface area contributed by atoms with Crippen molar-refractivity contribution >= 4 is 26.8 Å². The number of likely N-dealkylation sites (N-methyl/N-ethyl adjacent to an activating group) is 1. The van der Waals surface area contributed by atoms with Gasteiger partial charge >= 0.3 is 0 Å². The SMILES string of the molecule is CC(C)C[C@@H](C(O)c1ccc(Br)cc1)N(C)Cc1cccc2[nH]ncc12. The average molecular weight is 416 g/mol. The fourth-order valence-corrected chi connectivity index (χ4v) is 3.73. The highest BCUT2D eigenvalue weighted by Gasteiger charge is 2.26. The summed E-state index contributed by atoms with van der Waals surface area (Å²) >= 11 is 3.46. The van der Waals surface area contributed by atoms with Crippen LogP contribution in [0, 0.1) is 5.92 Å². The van der Waals surface area contributed by atoms with Crippen molar-refractivity contribution in [3.8, 4) is 0 Å². The van der Waals surface area contributed by atoms with Crippen LogP contribution in [0.15, 0.2) is 53.1 Å². The van der Waals surface area contributed by atoms with E-state index in [-0.39, 0.29) is 6.04 Å². The van der Waals surface area contributed by atoms with E-state index < -0.39 is 6.10 Å². The monoisotopic (exact) mass is 415 g/mol. The van der Waals surface area contributed by atoms with Crippen molar-refractivity contribution in [2.75, 3.05) is 7.05 Å². The number of halogens is 1. The van der Waals surface area contributed by atoms with E-state index in [9.17, 15) is 5.11 Å². The molecular formula is C21H26BrN3O. The normalized spacial score (nSPS) is 14.3. The zero-order valence-electron chi connectivity index (χ0n) is 15.5.